The van der Waals surface area contributed by atoms with Crippen LogP contribution in [0.2, 0.25) is 0 Å². The Morgan fingerprint density at radius 2 is 1.96 bits per heavy atom. The first-order valence-electron chi connectivity index (χ1n) is 9.23. The minimum absolute atomic E-state index is 0.0104. The number of aryl methyl sites for hydroxylation is 1. The molecule has 0 atom stereocenters. The molecule has 1 saturated heterocycles. The van der Waals surface area contributed by atoms with Gasteiger partial charge < -0.3 is 19.5 Å². The molecule has 2 N–H and O–H groups in total. The van der Waals surface area contributed by atoms with Gasteiger partial charge in [0.1, 0.15) is 5.76 Å². The fourth-order valence-corrected chi connectivity index (χ4v) is 3.17. The topological polar surface area (TPSA) is 67.0 Å². The molecule has 6 heteroatoms. The highest BCUT2D eigenvalue weighted by molar-refractivity contribution is 5.92. The predicted octanol–water partition coefficient (Wildman–Crippen LogP) is 1.28. The molecular formula is C21H26N3O3+. The van der Waals surface area contributed by atoms with Gasteiger partial charge in [-0.05, 0) is 49.2 Å². The zero-order chi connectivity index (χ0) is 19.2. The monoisotopic (exact) mass is 368 g/mol. The van der Waals surface area contributed by atoms with E-state index >= 15 is 0 Å². The molecule has 0 bridgehead atoms. The van der Waals surface area contributed by atoms with Crippen LogP contribution in [-0.4, -0.2) is 49.4 Å². The molecule has 27 heavy (non-hydrogen) atoms. The number of amides is 2. The summed E-state index contributed by atoms with van der Waals surface area (Å²) in [6, 6.07) is 9.51. The molecule has 0 spiro atoms. The van der Waals surface area contributed by atoms with Gasteiger partial charge in [0.15, 0.2) is 6.54 Å². The molecule has 1 aliphatic rings. The highest BCUT2D eigenvalue weighted by Gasteiger charge is 2.24. The van der Waals surface area contributed by atoms with Gasteiger partial charge in [-0.3, -0.25) is 9.59 Å². The third-order valence-electron chi connectivity index (χ3n) is 5.00. The van der Waals surface area contributed by atoms with Gasteiger partial charge in [0.05, 0.1) is 32.4 Å². The van der Waals surface area contributed by atoms with E-state index in [0.717, 1.165) is 29.9 Å². The van der Waals surface area contributed by atoms with E-state index in [2.05, 4.69) is 5.32 Å². The van der Waals surface area contributed by atoms with Crippen LogP contribution in [-0.2, 0) is 9.59 Å². The lowest BCUT2D eigenvalue weighted by Crippen LogP contribution is -3.15. The molecule has 6 nitrogen and oxygen atoms in total. The first-order valence-corrected chi connectivity index (χ1v) is 9.23. The number of benzene rings is 1. The van der Waals surface area contributed by atoms with Crippen LogP contribution < -0.4 is 10.2 Å². The van der Waals surface area contributed by atoms with E-state index in [9.17, 15) is 9.59 Å². The number of anilines is 1. The fourth-order valence-electron chi connectivity index (χ4n) is 3.17. The summed E-state index contributed by atoms with van der Waals surface area (Å²) in [7, 11) is 0. The maximum atomic E-state index is 12.4. The van der Waals surface area contributed by atoms with Crippen molar-refractivity contribution in [2.24, 2.45) is 0 Å². The number of hydrogen-bond acceptors (Lipinski definition) is 3. The third-order valence-corrected chi connectivity index (χ3v) is 5.00. The summed E-state index contributed by atoms with van der Waals surface area (Å²) in [4.78, 5) is 27.6. The molecule has 3 rings (SSSR count). The second-order valence-electron chi connectivity index (χ2n) is 6.90. The molecule has 1 aliphatic heterocycles. The Morgan fingerprint density at radius 3 is 2.67 bits per heavy atom. The lowest BCUT2D eigenvalue weighted by molar-refractivity contribution is -0.895. The maximum absolute atomic E-state index is 12.4. The summed E-state index contributed by atoms with van der Waals surface area (Å²) < 4.78 is 5.19. The second-order valence-corrected chi connectivity index (χ2v) is 6.90. The SMILES string of the molecule is Cc1cccc(NC(=O)C[NH+]2CCN(C(=O)/C=C/c3ccco3)CC2)c1C. The Labute approximate surface area is 159 Å². The van der Waals surface area contributed by atoms with Crippen LogP contribution in [0, 0.1) is 13.8 Å². The maximum Gasteiger partial charge on any atom is 0.279 e. The molecule has 2 amide bonds. The number of rotatable bonds is 5. The van der Waals surface area contributed by atoms with Crippen molar-refractivity contribution in [1.82, 2.24) is 4.90 Å². The summed E-state index contributed by atoms with van der Waals surface area (Å²) in [5.74, 6) is 0.650. The van der Waals surface area contributed by atoms with Crippen molar-refractivity contribution in [3.05, 3.63) is 59.6 Å². The smallest absolute Gasteiger partial charge is 0.279 e. The minimum Gasteiger partial charge on any atom is -0.465 e. The van der Waals surface area contributed by atoms with Crippen molar-refractivity contribution >= 4 is 23.6 Å². The van der Waals surface area contributed by atoms with Crippen molar-refractivity contribution in [3.8, 4) is 0 Å². The molecule has 1 aromatic heterocycles. The van der Waals surface area contributed by atoms with Crippen molar-refractivity contribution in [2.75, 3.05) is 38.0 Å². The van der Waals surface area contributed by atoms with Gasteiger partial charge in [-0.1, -0.05) is 12.1 Å². The zero-order valence-electron chi connectivity index (χ0n) is 15.8. The van der Waals surface area contributed by atoms with Crippen LogP contribution in [0.1, 0.15) is 16.9 Å². The largest absolute Gasteiger partial charge is 0.465 e. The van der Waals surface area contributed by atoms with Gasteiger partial charge in [0, 0.05) is 11.8 Å². The molecule has 0 saturated carbocycles. The van der Waals surface area contributed by atoms with Crippen molar-refractivity contribution < 1.29 is 18.9 Å². The quantitative estimate of drug-likeness (QED) is 0.782. The highest BCUT2D eigenvalue weighted by atomic mass is 16.3. The van der Waals surface area contributed by atoms with E-state index < -0.39 is 0 Å². The highest BCUT2D eigenvalue weighted by Crippen LogP contribution is 2.17. The van der Waals surface area contributed by atoms with E-state index in [0.29, 0.717) is 25.4 Å². The third kappa shape index (κ3) is 5.08. The molecule has 2 heterocycles. The number of carbonyl (C=O) groups excluding carboxylic acids is 2. The van der Waals surface area contributed by atoms with Gasteiger partial charge in [-0.15, -0.1) is 0 Å². The normalized spacial score (nSPS) is 15.3. The fraction of sp³-hybridized carbons (Fsp3) is 0.333. The molecule has 1 aromatic carbocycles. The summed E-state index contributed by atoms with van der Waals surface area (Å²) in [6.07, 6.45) is 4.80. The van der Waals surface area contributed by atoms with Gasteiger partial charge in [0.2, 0.25) is 5.91 Å². The van der Waals surface area contributed by atoms with Crippen molar-refractivity contribution in [3.63, 3.8) is 0 Å². The second kappa shape index (κ2) is 8.68. The Kier molecular flexibility index (Phi) is 6.08. The van der Waals surface area contributed by atoms with E-state index in [4.69, 9.17) is 4.42 Å². The van der Waals surface area contributed by atoms with Crippen LogP contribution in [0.15, 0.2) is 47.1 Å². The molecule has 0 radical (unpaired) electrons. The number of nitrogens with zero attached hydrogens (tertiary/aromatic N) is 1. The molecular weight excluding hydrogens is 342 g/mol. The van der Waals surface area contributed by atoms with Crippen molar-refractivity contribution in [1.29, 1.82) is 0 Å². The van der Waals surface area contributed by atoms with Crippen LogP contribution in [0.5, 0.6) is 0 Å². The molecule has 2 aromatic rings. The number of hydrogen-bond donors (Lipinski definition) is 2. The van der Waals surface area contributed by atoms with Gasteiger partial charge in [-0.25, -0.2) is 0 Å². The Hall–Kier alpha value is -2.86. The van der Waals surface area contributed by atoms with Crippen LogP contribution >= 0.6 is 0 Å². The summed E-state index contributed by atoms with van der Waals surface area (Å²) in [6.45, 7) is 7.28. The van der Waals surface area contributed by atoms with E-state index in [1.165, 1.54) is 11.0 Å². The summed E-state index contributed by atoms with van der Waals surface area (Å²) in [5, 5.41) is 3.01. The van der Waals surface area contributed by atoms with Gasteiger partial charge in [-0.2, -0.15) is 0 Å². The van der Waals surface area contributed by atoms with Gasteiger partial charge >= 0.3 is 0 Å². The molecule has 1 fully saturated rings. The molecule has 142 valence electrons. The average Bonchev–Trinajstić information content (AvgIpc) is 3.18. The van der Waals surface area contributed by atoms with E-state index in [1.54, 1.807) is 24.5 Å². The van der Waals surface area contributed by atoms with E-state index in [1.807, 2.05) is 36.9 Å². The Bertz CT molecular complexity index is 819. The first-order chi connectivity index (χ1) is 13.0. The minimum atomic E-state index is -0.0229. The molecule has 0 aliphatic carbocycles. The van der Waals surface area contributed by atoms with Gasteiger partial charge in [0.25, 0.3) is 5.91 Å². The van der Waals surface area contributed by atoms with Crippen molar-refractivity contribution in [2.45, 2.75) is 13.8 Å². The molecule has 0 unspecified atom stereocenters. The number of piperazine rings is 1. The Morgan fingerprint density at radius 1 is 1.19 bits per heavy atom. The number of nitrogens with one attached hydrogen (secondary N) is 2. The average molecular weight is 368 g/mol. The lowest BCUT2D eigenvalue weighted by Gasteiger charge is -2.31. The zero-order valence-corrected chi connectivity index (χ0v) is 15.8. The Balaban J connectivity index is 1.45. The summed E-state index contributed by atoms with van der Waals surface area (Å²) >= 11 is 0. The lowest BCUT2D eigenvalue weighted by atomic mass is 10.1. The standard InChI is InChI=1S/C21H25N3O3/c1-16-5-3-7-19(17(16)2)22-20(25)15-23-10-12-24(13-11-23)21(26)9-8-18-6-4-14-27-18/h3-9,14H,10-13,15H2,1-2H3,(H,22,25)/p+1/b9-8+. The van der Waals surface area contributed by atoms with Crippen LogP contribution in [0.4, 0.5) is 5.69 Å². The number of carbonyl (C=O) groups is 2. The van der Waals surface area contributed by atoms with E-state index in [-0.39, 0.29) is 11.8 Å². The van der Waals surface area contributed by atoms with Crippen LogP contribution in [0.3, 0.4) is 0 Å². The van der Waals surface area contributed by atoms with Crippen LogP contribution in [0.25, 0.3) is 6.08 Å². The number of quaternary nitrogens is 1. The first kappa shape index (κ1) is 18.9. The summed E-state index contributed by atoms with van der Waals surface area (Å²) in [5.41, 5.74) is 3.13. The number of furan rings is 1. The predicted molar refractivity (Wildman–Crippen MR) is 104 cm³/mol.